The molecule has 0 spiro atoms. The number of morpholine rings is 1. The molecule has 1 saturated heterocycles. The summed E-state index contributed by atoms with van der Waals surface area (Å²) in [5, 5.41) is 0. The van der Waals surface area contributed by atoms with Crippen molar-refractivity contribution < 1.29 is 19.1 Å². The second-order valence-corrected chi connectivity index (χ2v) is 6.04. The summed E-state index contributed by atoms with van der Waals surface area (Å²) < 4.78 is 17.3. The van der Waals surface area contributed by atoms with E-state index in [1.165, 1.54) is 0 Å². The van der Waals surface area contributed by atoms with E-state index in [2.05, 4.69) is 12.1 Å². The largest absolute Gasteiger partial charge is 0.489 e. The molecule has 128 valence electrons. The lowest BCUT2D eigenvalue weighted by molar-refractivity contribution is -0.908. The van der Waals surface area contributed by atoms with E-state index >= 15 is 0 Å². The highest BCUT2D eigenvalue weighted by Gasteiger charge is 2.13. The van der Waals surface area contributed by atoms with Crippen LogP contribution in [0.5, 0.6) is 11.5 Å². The fraction of sp³-hybridized carbons (Fsp3) is 0.400. The fourth-order valence-electron chi connectivity index (χ4n) is 2.84. The molecule has 4 heteroatoms. The van der Waals surface area contributed by atoms with Gasteiger partial charge in [0.2, 0.25) is 0 Å². The van der Waals surface area contributed by atoms with Gasteiger partial charge in [0.05, 0.1) is 26.4 Å². The van der Waals surface area contributed by atoms with Crippen molar-refractivity contribution in [3.8, 4) is 11.5 Å². The predicted molar refractivity (Wildman–Crippen MR) is 93.7 cm³/mol. The van der Waals surface area contributed by atoms with E-state index in [4.69, 9.17) is 14.2 Å². The Labute approximate surface area is 144 Å². The molecule has 1 N–H and O–H groups in total. The van der Waals surface area contributed by atoms with Crippen molar-refractivity contribution in [2.45, 2.75) is 13.0 Å². The number of nitrogens with one attached hydrogen (secondary N) is 1. The minimum Gasteiger partial charge on any atom is -0.489 e. The van der Waals surface area contributed by atoms with Crippen LogP contribution in [0.15, 0.2) is 54.6 Å². The van der Waals surface area contributed by atoms with Gasteiger partial charge in [-0.25, -0.2) is 0 Å². The monoisotopic (exact) mass is 328 g/mol. The Morgan fingerprint density at radius 1 is 0.833 bits per heavy atom. The smallest absolute Gasteiger partial charge is 0.161 e. The molecule has 0 aromatic heterocycles. The van der Waals surface area contributed by atoms with Crippen LogP contribution in [0.25, 0.3) is 0 Å². The van der Waals surface area contributed by atoms with Crippen molar-refractivity contribution in [2.24, 2.45) is 0 Å². The second kappa shape index (κ2) is 9.30. The lowest BCUT2D eigenvalue weighted by Crippen LogP contribution is -3.14. The van der Waals surface area contributed by atoms with Crippen LogP contribution >= 0.6 is 0 Å². The van der Waals surface area contributed by atoms with Crippen LogP contribution in [0.1, 0.15) is 12.0 Å². The van der Waals surface area contributed by atoms with E-state index in [0.29, 0.717) is 6.61 Å². The summed E-state index contributed by atoms with van der Waals surface area (Å²) in [7, 11) is 0. The summed E-state index contributed by atoms with van der Waals surface area (Å²) in [5.74, 6) is 1.63. The third-order valence-corrected chi connectivity index (χ3v) is 4.22. The average molecular weight is 328 g/mol. The van der Waals surface area contributed by atoms with Crippen LogP contribution in [0.4, 0.5) is 0 Å². The Morgan fingerprint density at radius 2 is 1.50 bits per heavy atom. The van der Waals surface area contributed by atoms with Crippen molar-refractivity contribution in [3.05, 3.63) is 60.2 Å². The van der Waals surface area contributed by atoms with Crippen molar-refractivity contribution in [1.82, 2.24) is 0 Å². The van der Waals surface area contributed by atoms with Crippen LogP contribution < -0.4 is 14.4 Å². The first-order chi connectivity index (χ1) is 11.9. The van der Waals surface area contributed by atoms with E-state index in [1.54, 1.807) is 4.90 Å². The molecule has 24 heavy (non-hydrogen) atoms. The number of quaternary nitrogens is 1. The topological polar surface area (TPSA) is 32.1 Å². The molecule has 1 aliphatic rings. The van der Waals surface area contributed by atoms with E-state index in [1.807, 2.05) is 42.5 Å². The molecule has 0 bridgehead atoms. The third-order valence-electron chi connectivity index (χ3n) is 4.22. The zero-order valence-corrected chi connectivity index (χ0v) is 14.1. The van der Waals surface area contributed by atoms with Gasteiger partial charge < -0.3 is 19.1 Å². The van der Waals surface area contributed by atoms with Gasteiger partial charge in [-0.15, -0.1) is 0 Å². The molecule has 0 amide bonds. The van der Waals surface area contributed by atoms with Crippen molar-refractivity contribution in [2.75, 3.05) is 39.5 Å². The van der Waals surface area contributed by atoms with Gasteiger partial charge in [-0.2, -0.15) is 0 Å². The van der Waals surface area contributed by atoms with Gasteiger partial charge in [0.25, 0.3) is 0 Å². The van der Waals surface area contributed by atoms with Gasteiger partial charge in [0, 0.05) is 6.42 Å². The maximum Gasteiger partial charge on any atom is 0.161 e. The van der Waals surface area contributed by atoms with Gasteiger partial charge >= 0.3 is 0 Å². The molecule has 3 rings (SSSR count). The minimum atomic E-state index is 0.555. The van der Waals surface area contributed by atoms with Gasteiger partial charge in [0.15, 0.2) is 11.5 Å². The van der Waals surface area contributed by atoms with Gasteiger partial charge in [-0.05, 0) is 17.7 Å². The summed E-state index contributed by atoms with van der Waals surface area (Å²) >= 11 is 0. The molecule has 1 heterocycles. The maximum absolute atomic E-state index is 5.95. The van der Waals surface area contributed by atoms with E-state index < -0.39 is 0 Å². The number of benzene rings is 2. The molecule has 0 saturated carbocycles. The van der Waals surface area contributed by atoms with E-state index in [0.717, 1.165) is 62.9 Å². The molecule has 2 aromatic rings. The lowest BCUT2D eigenvalue weighted by atomic mass is 10.2. The Balaban J connectivity index is 1.45. The quantitative estimate of drug-likeness (QED) is 0.752. The minimum absolute atomic E-state index is 0.555. The van der Waals surface area contributed by atoms with Crippen LogP contribution in [-0.4, -0.2) is 39.5 Å². The first-order valence-corrected chi connectivity index (χ1v) is 8.72. The maximum atomic E-state index is 5.95. The normalized spacial score (nSPS) is 15.2. The third kappa shape index (κ3) is 5.25. The van der Waals surface area contributed by atoms with Crippen LogP contribution in [0.3, 0.4) is 0 Å². The Morgan fingerprint density at radius 3 is 2.25 bits per heavy atom. The summed E-state index contributed by atoms with van der Waals surface area (Å²) in [6, 6.07) is 18.1. The zero-order valence-electron chi connectivity index (χ0n) is 14.1. The van der Waals surface area contributed by atoms with E-state index in [-0.39, 0.29) is 0 Å². The van der Waals surface area contributed by atoms with Crippen molar-refractivity contribution in [1.29, 1.82) is 0 Å². The predicted octanol–water partition coefficient (Wildman–Crippen LogP) is 1.95. The molecule has 0 unspecified atom stereocenters. The first kappa shape index (κ1) is 16.8. The Kier molecular flexibility index (Phi) is 6.51. The SMILES string of the molecule is c1ccc(COc2ccccc2OCCC[NH+]2CCOCC2)cc1. The Bertz CT molecular complexity index is 597. The van der Waals surface area contributed by atoms with Crippen molar-refractivity contribution in [3.63, 3.8) is 0 Å². The molecule has 4 nitrogen and oxygen atoms in total. The highest BCUT2D eigenvalue weighted by atomic mass is 16.5. The summed E-state index contributed by atoms with van der Waals surface area (Å²) in [6.07, 6.45) is 1.04. The molecule has 0 radical (unpaired) electrons. The molecule has 0 aliphatic carbocycles. The summed E-state index contributed by atoms with van der Waals surface area (Å²) in [6.45, 7) is 6.39. The first-order valence-electron chi connectivity index (χ1n) is 8.72. The molecule has 2 aromatic carbocycles. The fourth-order valence-corrected chi connectivity index (χ4v) is 2.84. The number of para-hydroxylation sites is 2. The molecule has 1 aliphatic heterocycles. The number of hydrogen-bond acceptors (Lipinski definition) is 3. The van der Waals surface area contributed by atoms with Gasteiger partial charge in [0.1, 0.15) is 19.7 Å². The van der Waals surface area contributed by atoms with Crippen LogP contribution in [0.2, 0.25) is 0 Å². The summed E-state index contributed by atoms with van der Waals surface area (Å²) in [4.78, 5) is 1.61. The van der Waals surface area contributed by atoms with E-state index in [9.17, 15) is 0 Å². The number of hydrogen-bond donors (Lipinski definition) is 1. The highest BCUT2D eigenvalue weighted by Crippen LogP contribution is 2.27. The molecule has 0 atom stereocenters. The number of rotatable bonds is 8. The molecular weight excluding hydrogens is 302 g/mol. The van der Waals surface area contributed by atoms with Crippen LogP contribution in [-0.2, 0) is 11.3 Å². The lowest BCUT2D eigenvalue weighted by Gasteiger charge is -2.23. The highest BCUT2D eigenvalue weighted by molar-refractivity contribution is 5.39. The number of ether oxygens (including phenoxy) is 3. The van der Waals surface area contributed by atoms with Gasteiger partial charge in [-0.1, -0.05) is 42.5 Å². The zero-order chi connectivity index (χ0) is 16.5. The van der Waals surface area contributed by atoms with Crippen LogP contribution in [0, 0.1) is 0 Å². The standard InChI is InChI=1S/C20H25NO3/c1-2-7-18(8-3-1)17-24-20-10-5-4-9-19(20)23-14-6-11-21-12-15-22-16-13-21/h1-5,7-10H,6,11-17H2/p+1. The molecular formula is C20H26NO3+. The van der Waals surface area contributed by atoms with Crippen molar-refractivity contribution >= 4 is 0 Å². The molecule has 1 fully saturated rings. The summed E-state index contributed by atoms with van der Waals surface area (Å²) in [5.41, 5.74) is 1.16. The van der Waals surface area contributed by atoms with Gasteiger partial charge in [-0.3, -0.25) is 0 Å². The Hall–Kier alpha value is -2.04. The second-order valence-electron chi connectivity index (χ2n) is 6.04. The average Bonchev–Trinajstić information content (AvgIpc) is 2.66.